The van der Waals surface area contributed by atoms with Crippen molar-refractivity contribution < 1.29 is 0 Å². The Morgan fingerprint density at radius 2 is 0.846 bits per heavy atom. The highest BCUT2D eigenvalue weighted by molar-refractivity contribution is 6.04. The lowest BCUT2D eigenvalue weighted by Crippen LogP contribution is -2.22. The Bertz CT molecular complexity index is 105. The van der Waals surface area contributed by atoms with E-state index in [0.717, 1.165) is 0 Å². The third-order valence-electron chi connectivity index (χ3n) is 3.08. The van der Waals surface area contributed by atoms with E-state index in [1.807, 2.05) is 0 Å². The summed E-state index contributed by atoms with van der Waals surface area (Å²) in [6.07, 6.45) is 13.1. The Morgan fingerprint density at radius 1 is 0.538 bits per heavy atom. The first-order valence-electron chi connectivity index (χ1n) is 6.08. The molecule has 1 aliphatic rings. The summed E-state index contributed by atoms with van der Waals surface area (Å²) < 4.78 is 0. The van der Waals surface area contributed by atoms with E-state index in [2.05, 4.69) is 12.8 Å². The largest absolute Gasteiger partial charge is 0.349 e. The predicted molar refractivity (Wildman–Crippen MR) is 61.7 cm³/mol. The Labute approximate surface area is 84.3 Å². The third kappa shape index (κ3) is 6.14. The predicted octanol–water partition coefficient (Wildman–Crippen LogP) is 2.36. The molecular weight excluding hydrogens is 157 g/mol. The number of hydrogen-bond donors (Lipinski definition) is 0. The van der Waals surface area contributed by atoms with Gasteiger partial charge in [-0.25, -0.2) is 0 Å². The van der Waals surface area contributed by atoms with Crippen LogP contribution in [0.2, 0.25) is 0 Å². The molecule has 13 heavy (non-hydrogen) atoms. The summed E-state index contributed by atoms with van der Waals surface area (Å²) in [5, 5.41) is 0. The zero-order valence-electron chi connectivity index (χ0n) is 9.23. The molecule has 0 bridgehead atoms. The first kappa shape index (κ1) is 11.1. The van der Waals surface area contributed by atoms with Gasteiger partial charge < -0.3 is 4.81 Å². The van der Waals surface area contributed by atoms with Crippen molar-refractivity contribution in [2.24, 2.45) is 0 Å². The van der Waals surface area contributed by atoms with Gasteiger partial charge in [-0.1, -0.05) is 44.9 Å². The summed E-state index contributed by atoms with van der Waals surface area (Å²) >= 11 is 0. The van der Waals surface area contributed by atoms with Crippen LogP contribution in [0.25, 0.3) is 0 Å². The molecular formula is C11H24BN. The fraction of sp³-hybridized carbons (Fsp3) is 1.00. The Balaban J connectivity index is 2.11. The summed E-state index contributed by atoms with van der Waals surface area (Å²) in [6, 6.07) is 0. The summed E-state index contributed by atoms with van der Waals surface area (Å²) in [5.74, 6) is 0. The van der Waals surface area contributed by atoms with Crippen LogP contribution in [0.3, 0.4) is 0 Å². The van der Waals surface area contributed by atoms with E-state index < -0.39 is 0 Å². The zero-order chi connectivity index (χ0) is 9.36. The van der Waals surface area contributed by atoms with Crippen LogP contribution >= 0.6 is 0 Å². The van der Waals surface area contributed by atoms with Crippen molar-refractivity contribution in [3.63, 3.8) is 0 Å². The van der Waals surface area contributed by atoms with Gasteiger partial charge in [0.2, 0.25) is 0 Å². The average Bonchev–Trinajstić information content (AvgIpc) is 2.11. The smallest absolute Gasteiger partial charge is 0.185 e. The topological polar surface area (TPSA) is 3.24 Å². The minimum absolute atomic E-state index is 1.32. The highest BCUT2D eigenvalue weighted by Gasteiger charge is 2.00. The maximum absolute atomic E-state index is 2.50. The maximum atomic E-state index is 2.50. The first-order chi connectivity index (χ1) is 6.39. The third-order valence-corrected chi connectivity index (χ3v) is 3.08. The maximum Gasteiger partial charge on any atom is 0.185 e. The van der Waals surface area contributed by atoms with E-state index in [-0.39, 0.29) is 0 Å². The molecule has 0 unspecified atom stereocenters. The van der Waals surface area contributed by atoms with Gasteiger partial charge in [0.05, 0.1) is 0 Å². The van der Waals surface area contributed by atoms with E-state index in [9.17, 15) is 0 Å². The summed E-state index contributed by atoms with van der Waals surface area (Å²) in [6.45, 7) is 2.64. The molecule has 0 radical (unpaired) electrons. The van der Waals surface area contributed by atoms with Crippen LogP contribution in [0.4, 0.5) is 0 Å². The molecule has 76 valence electrons. The fourth-order valence-corrected chi connectivity index (χ4v) is 2.11. The molecule has 0 atom stereocenters. The molecule has 1 saturated heterocycles. The number of rotatable bonds is 0. The van der Waals surface area contributed by atoms with Gasteiger partial charge in [-0.05, 0) is 25.9 Å². The zero-order valence-corrected chi connectivity index (χ0v) is 9.23. The van der Waals surface area contributed by atoms with Gasteiger partial charge in [0, 0.05) is 0 Å². The second kappa shape index (κ2) is 7.43. The molecule has 1 nitrogen and oxygen atoms in total. The SMILES string of the molecule is BN1CCCCCCCCCCC1. The van der Waals surface area contributed by atoms with Crippen molar-refractivity contribution in [3.8, 4) is 0 Å². The van der Waals surface area contributed by atoms with Crippen molar-refractivity contribution >= 4 is 7.98 Å². The number of hydrogen-bond acceptors (Lipinski definition) is 1. The molecule has 1 heterocycles. The van der Waals surface area contributed by atoms with Crippen molar-refractivity contribution in [1.29, 1.82) is 0 Å². The van der Waals surface area contributed by atoms with Gasteiger partial charge in [0.15, 0.2) is 7.98 Å². The summed E-state index contributed by atoms with van der Waals surface area (Å²) in [4.78, 5) is 2.50. The molecule has 0 aromatic heterocycles. The van der Waals surface area contributed by atoms with Crippen LogP contribution in [0, 0.1) is 0 Å². The van der Waals surface area contributed by atoms with E-state index >= 15 is 0 Å². The molecule has 0 aliphatic carbocycles. The van der Waals surface area contributed by atoms with Crippen LogP contribution in [0.15, 0.2) is 0 Å². The second-order valence-corrected chi connectivity index (χ2v) is 4.49. The van der Waals surface area contributed by atoms with Crippen LogP contribution in [-0.4, -0.2) is 25.9 Å². The van der Waals surface area contributed by atoms with Gasteiger partial charge >= 0.3 is 0 Å². The monoisotopic (exact) mass is 181 g/mol. The normalized spacial score (nSPS) is 24.6. The standard InChI is InChI=1S/C11H24BN/c12-13-10-8-6-4-2-1-3-5-7-9-11-13/h1-12H2. The lowest BCUT2D eigenvalue weighted by molar-refractivity contribution is 0.402. The highest BCUT2D eigenvalue weighted by Crippen LogP contribution is 2.11. The molecule has 0 saturated carbocycles. The van der Waals surface area contributed by atoms with Gasteiger partial charge in [-0.15, -0.1) is 0 Å². The molecule has 0 amide bonds. The molecule has 0 aromatic rings. The van der Waals surface area contributed by atoms with Gasteiger partial charge in [-0.2, -0.15) is 0 Å². The highest BCUT2D eigenvalue weighted by atomic mass is 15.0. The second-order valence-electron chi connectivity index (χ2n) is 4.49. The van der Waals surface area contributed by atoms with Crippen LogP contribution in [0.1, 0.15) is 57.8 Å². The van der Waals surface area contributed by atoms with Crippen molar-refractivity contribution in [2.45, 2.75) is 57.8 Å². The molecule has 0 spiro atoms. The van der Waals surface area contributed by atoms with Crippen LogP contribution in [-0.2, 0) is 0 Å². The Hall–Kier alpha value is 0.0249. The minimum atomic E-state index is 1.32. The van der Waals surface area contributed by atoms with Crippen LogP contribution in [0.5, 0.6) is 0 Å². The number of nitrogens with zero attached hydrogens (tertiary/aromatic N) is 1. The molecule has 1 fully saturated rings. The molecule has 2 heteroatoms. The van der Waals surface area contributed by atoms with E-state index in [0.29, 0.717) is 0 Å². The quantitative estimate of drug-likeness (QED) is 0.518. The summed E-state index contributed by atoms with van der Waals surface area (Å²) in [5.41, 5.74) is 0. The van der Waals surface area contributed by atoms with Crippen molar-refractivity contribution in [3.05, 3.63) is 0 Å². The van der Waals surface area contributed by atoms with E-state index in [1.165, 1.54) is 70.9 Å². The van der Waals surface area contributed by atoms with Crippen LogP contribution < -0.4 is 0 Å². The Kier molecular flexibility index (Phi) is 6.35. The van der Waals surface area contributed by atoms with Crippen molar-refractivity contribution in [2.75, 3.05) is 13.1 Å². The van der Waals surface area contributed by atoms with E-state index in [4.69, 9.17) is 0 Å². The van der Waals surface area contributed by atoms with Gasteiger partial charge in [0.1, 0.15) is 0 Å². The van der Waals surface area contributed by atoms with Gasteiger partial charge in [0.25, 0.3) is 0 Å². The lowest BCUT2D eigenvalue weighted by atomic mass is 10.0. The Morgan fingerprint density at radius 3 is 1.23 bits per heavy atom. The average molecular weight is 181 g/mol. The molecule has 1 rings (SSSR count). The van der Waals surface area contributed by atoms with Gasteiger partial charge in [-0.3, -0.25) is 0 Å². The summed E-state index contributed by atoms with van der Waals surface area (Å²) in [7, 11) is 2.27. The first-order valence-corrected chi connectivity index (χ1v) is 6.08. The molecule has 0 N–H and O–H groups in total. The fourth-order valence-electron chi connectivity index (χ4n) is 2.11. The minimum Gasteiger partial charge on any atom is -0.349 e. The van der Waals surface area contributed by atoms with Crippen molar-refractivity contribution in [1.82, 2.24) is 4.81 Å². The lowest BCUT2D eigenvalue weighted by Gasteiger charge is -2.17. The van der Waals surface area contributed by atoms with E-state index in [1.54, 1.807) is 0 Å². The molecule has 0 aromatic carbocycles. The molecule has 1 aliphatic heterocycles.